The van der Waals surface area contributed by atoms with Crippen LogP contribution in [0.4, 0.5) is 0 Å². The van der Waals surface area contributed by atoms with E-state index >= 15 is 0 Å². The summed E-state index contributed by atoms with van der Waals surface area (Å²) in [5.74, 6) is -1.67. The maximum atomic E-state index is 12.0. The van der Waals surface area contributed by atoms with Gasteiger partial charge in [-0.2, -0.15) is 0 Å². The fourth-order valence-corrected chi connectivity index (χ4v) is 3.83. The number of hydrogen-bond donors (Lipinski definition) is 3. The number of amides is 1. The van der Waals surface area contributed by atoms with Gasteiger partial charge in [-0.1, -0.05) is 58.3 Å². The Bertz CT molecular complexity index is 579. The van der Waals surface area contributed by atoms with Crippen molar-refractivity contribution in [3.8, 4) is 0 Å². The second kappa shape index (κ2) is 16.9. The first-order chi connectivity index (χ1) is 15.5. The number of carboxylic acid groups (broad SMARTS) is 1. The predicted octanol–water partition coefficient (Wildman–Crippen LogP) is 4.10. The van der Waals surface area contributed by atoms with E-state index in [9.17, 15) is 24.6 Å². The molecule has 0 fully saturated rings. The quantitative estimate of drug-likeness (QED) is 0.139. The van der Waals surface area contributed by atoms with Crippen molar-refractivity contribution in [1.29, 1.82) is 0 Å². The van der Waals surface area contributed by atoms with Crippen LogP contribution in [0.2, 0.25) is 0 Å². The van der Waals surface area contributed by atoms with Crippen LogP contribution >= 0.6 is 0 Å². The van der Waals surface area contributed by atoms with E-state index in [0.717, 1.165) is 12.8 Å². The Hall–Kier alpha value is -1.67. The number of nitrogens with zero attached hydrogens (tertiary/aromatic N) is 1. The normalized spacial score (nSPS) is 13.5. The molecule has 1 atom stereocenters. The van der Waals surface area contributed by atoms with Crippen molar-refractivity contribution in [3.05, 3.63) is 0 Å². The topological polar surface area (TPSA) is 116 Å². The lowest BCUT2D eigenvalue weighted by Crippen LogP contribution is -2.58. The number of aliphatic hydroxyl groups is 1. The summed E-state index contributed by atoms with van der Waals surface area (Å²) in [7, 11) is 3.23. The Kier molecular flexibility index (Phi) is 16.0. The van der Waals surface area contributed by atoms with Crippen molar-refractivity contribution in [2.45, 2.75) is 110 Å². The van der Waals surface area contributed by atoms with Gasteiger partial charge in [0.05, 0.1) is 13.0 Å². The lowest BCUT2D eigenvalue weighted by atomic mass is 9.77. The van der Waals surface area contributed by atoms with E-state index in [-0.39, 0.29) is 37.7 Å². The number of carbonyl (C=O) groups excluding carboxylic acids is 2. The van der Waals surface area contributed by atoms with Gasteiger partial charge < -0.3 is 20.3 Å². The molecule has 0 aromatic carbocycles. The van der Waals surface area contributed by atoms with Crippen LogP contribution in [0.3, 0.4) is 0 Å². The van der Waals surface area contributed by atoms with E-state index in [1.807, 2.05) is 0 Å². The third kappa shape index (κ3) is 12.4. The molecular weight excluding hydrogens is 424 g/mol. The van der Waals surface area contributed by atoms with Crippen molar-refractivity contribution in [3.63, 3.8) is 0 Å². The van der Waals surface area contributed by atoms with Crippen LogP contribution in [0.1, 0.15) is 104 Å². The van der Waals surface area contributed by atoms with E-state index in [1.165, 1.54) is 63.7 Å². The SMILES string of the molecule is CCCCCCCCCCCOC(=O)CCNC(=O)CCC[C@](O)(N(C)C)C(C)(C)C(=O)O. The molecule has 0 aromatic rings. The molecule has 0 bridgehead atoms. The van der Waals surface area contributed by atoms with Crippen LogP contribution in [-0.4, -0.2) is 65.9 Å². The van der Waals surface area contributed by atoms with Gasteiger partial charge in [0.1, 0.15) is 11.1 Å². The number of aliphatic carboxylic acids is 1. The number of ether oxygens (including phenoxy) is 1. The zero-order valence-electron chi connectivity index (χ0n) is 21.6. The van der Waals surface area contributed by atoms with Crippen LogP contribution in [0, 0.1) is 5.41 Å². The Morgan fingerprint density at radius 3 is 1.94 bits per heavy atom. The molecule has 0 aliphatic carbocycles. The Balaban J connectivity index is 3.92. The summed E-state index contributed by atoms with van der Waals surface area (Å²) in [6.45, 7) is 5.78. The average molecular weight is 473 g/mol. The van der Waals surface area contributed by atoms with E-state index in [2.05, 4.69) is 12.2 Å². The van der Waals surface area contributed by atoms with E-state index in [1.54, 1.807) is 14.1 Å². The minimum atomic E-state index is -1.59. The highest BCUT2D eigenvalue weighted by molar-refractivity contribution is 5.77. The van der Waals surface area contributed by atoms with E-state index in [0.29, 0.717) is 13.0 Å². The second-order valence-corrected chi connectivity index (χ2v) is 9.64. The molecule has 8 nitrogen and oxygen atoms in total. The van der Waals surface area contributed by atoms with Crippen LogP contribution < -0.4 is 5.32 Å². The van der Waals surface area contributed by atoms with Gasteiger partial charge >= 0.3 is 11.9 Å². The average Bonchev–Trinajstić information content (AvgIpc) is 2.74. The van der Waals surface area contributed by atoms with Gasteiger partial charge in [-0.05, 0) is 47.2 Å². The molecular formula is C25H48N2O6. The number of hydrogen-bond acceptors (Lipinski definition) is 6. The first kappa shape index (κ1) is 31.3. The van der Waals surface area contributed by atoms with Crippen molar-refractivity contribution >= 4 is 17.8 Å². The third-order valence-corrected chi connectivity index (χ3v) is 6.37. The Morgan fingerprint density at radius 1 is 0.879 bits per heavy atom. The fraction of sp³-hybridized carbons (Fsp3) is 0.880. The van der Waals surface area contributed by atoms with Gasteiger partial charge in [-0.3, -0.25) is 19.3 Å². The van der Waals surface area contributed by atoms with Gasteiger partial charge in [-0.15, -0.1) is 0 Å². The molecule has 0 saturated carbocycles. The molecule has 0 aliphatic rings. The zero-order chi connectivity index (χ0) is 25.3. The lowest BCUT2D eigenvalue weighted by Gasteiger charge is -2.44. The Labute approximate surface area is 200 Å². The highest BCUT2D eigenvalue weighted by Crippen LogP contribution is 2.37. The highest BCUT2D eigenvalue weighted by atomic mass is 16.5. The van der Waals surface area contributed by atoms with Crippen LogP contribution in [0.25, 0.3) is 0 Å². The molecule has 3 N–H and O–H groups in total. The van der Waals surface area contributed by atoms with E-state index < -0.39 is 17.1 Å². The molecule has 194 valence electrons. The van der Waals surface area contributed by atoms with Crippen molar-refractivity contribution in [2.24, 2.45) is 5.41 Å². The lowest BCUT2D eigenvalue weighted by molar-refractivity contribution is -0.196. The van der Waals surface area contributed by atoms with Gasteiger partial charge in [0.15, 0.2) is 0 Å². The monoisotopic (exact) mass is 472 g/mol. The predicted molar refractivity (Wildman–Crippen MR) is 130 cm³/mol. The van der Waals surface area contributed by atoms with Gasteiger partial charge in [0.25, 0.3) is 0 Å². The number of nitrogens with one attached hydrogen (secondary N) is 1. The van der Waals surface area contributed by atoms with Gasteiger partial charge in [-0.25, -0.2) is 0 Å². The highest BCUT2D eigenvalue weighted by Gasteiger charge is 2.50. The molecule has 0 aromatic heterocycles. The molecule has 0 heterocycles. The van der Waals surface area contributed by atoms with Crippen molar-refractivity contribution in [1.82, 2.24) is 10.2 Å². The summed E-state index contributed by atoms with van der Waals surface area (Å²) in [6, 6.07) is 0. The number of carbonyl (C=O) groups is 3. The molecule has 0 spiro atoms. The van der Waals surface area contributed by atoms with Gasteiger partial charge in [0.2, 0.25) is 5.91 Å². The zero-order valence-corrected chi connectivity index (χ0v) is 21.6. The Morgan fingerprint density at radius 2 is 1.42 bits per heavy atom. The summed E-state index contributed by atoms with van der Waals surface area (Å²) >= 11 is 0. The second-order valence-electron chi connectivity index (χ2n) is 9.64. The molecule has 0 radical (unpaired) electrons. The van der Waals surface area contributed by atoms with Crippen LogP contribution in [-0.2, 0) is 19.1 Å². The van der Waals surface area contributed by atoms with Crippen molar-refractivity contribution in [2.75, 3.05) is 27.2 Å². The molecule has 0 unspecified atom stereocenters. The fourth-order valence-electron chi connectivity index (χ4n) is 3.83. The minimum Gasteiger partial charge on any atom is -0.481 e. The third-order valence-electron chi connectivity index (χ3n) is 6.37. The first-order valence-electron chi connectivity index (χ1n) is 12.5. The molecule has 33 heavy (non-hydrogen) atoms. The summed E-state index contributed by atoms with van der Waals surface area (Å²) in [6.07, 6.45) is 11.6. The van der Waals surface area contributed by atoms with Gasteiger partial charge in [0, 0.05) is 13.0 Å². The van der Waals surface area contributed by atoms with Crippen LogP contribution in [0.5, 0.6) is 0 Å². The molecule has 0 aliphatic heterocycles. The molecule has 8 heteroatoms. The summed E-state index contributed by atoms with van der Waals surface area (Å²) in [5.41, 5.74) is -2.98. The maximum absolute atomic E-state index is 12.0. The number of rotatable bonds is 20. The number of unbranched alkanes of at least 4 members (excludes halogenated alkanes) is 8. The first-order valence-corrected chi connectivity index (χ1v) is 12.5. The maximum Gasteiger partial charge on any atom is 0.313 e. The standard InChI is InChI=1S/C25H48N2O6/c1-6-7-8-9-10-11-12-13-14-20-33-22(29)17-19-26-21(28)16-15-18-25(32,27(4)5)24(2,3)23(30)31/h32H,6-20H2,1-5H3,(H,26,28)(H,30,31)/t25-/m1/s1. The summed E-state index contributed by atoms with van der Waals surface area (Å²) in [5, 5.41) is 23.0. The summed E-state index contributed by atoms with van der Waals surface area (Å²) < 4.78 is 5.21. The molecule has 0 rings (SSSR count). The molecule has 0 saturated heterocycles. The number of carboxylic acids is 1. The van der Waals surface area contributed by atoms with Crippen molar-refractivity contribution < 1.29 is 29.3 Å². The summed E-state index contributed by atoms with van der Waals surface area (Å²) in [4.78, 5) is 36.8. The largest absolute Gasteiger partial charge is 0.481 e. The number of esters is 1. The smallest absolute Gasteiger partial charge is 0.313 e. The molecule has 1 amide bonds. The van der Waals surface area contributed by atoms with E-state index in [4.69, 9.17) is 4.74 Å². The minimum absolute atomic E-state index is 0.122. The van der Waals surface area contributed by atoms with Crippen LogP contribution in [0.15, 0.2) is 0 Å².